The lowest BCUT2D eigenvalue weighted by molar-refractivity contribution is -0.137. The van der Waals surface area contributed by atoms with Crippen LogP contribution in [-0.2, 0) is 20.7 Å². The molecule has 0 spiro atoms. The number of carboxylic acid groups (broad SMARTS) is 1. The first-order chi connectivity index (χ1) is 9.06. The molecule has 0 aliphatic carbocycles. The van der Waals surface area contributed by atoms with Gasteiger partial charge in [-0.2, -0.15) is 0 Å². The molecule has 4 nitrogen and oxygen atoms in total. The van der Waals surface area contributed by atoms with Crippen LogP contribution in [0.25, 0.3) is 0 Å². The minimum atomic E-state index is -1.21. The van der Waals surface area contributed by atoms with Gasteiger partial charge in [0.1, 0.15) is 0 Å². The lowest BCUT2D eigenvalue weighted by Crippen LogP contribution is -2.11. The van der Waals surface area contributed by atoms with Crippen LogP contribution in [0.3, 0.4) is 0 Å². The minimum Gasteiger partial charge on any atom is -0.475 e. The Morgan fingerprint density at radius 1 is 1.47 bits per heavy atom. The fraction of sp³-hybridized carbons (Fsp3) is 0.200. The van der Waals surface area contributed by atoms with Crippen LogP contribution in [0.1, 0.15) is 24.2 Å². The highest BCUT2D eigenvalue weighted by Crippen LogP contribution is 2.34. The molecule has 0 amide bonds. The van der Waals surface area contributed by atoms with Crippen LogP contribution >= 0.6 is 0 Å². The number of hydrogen-bond acceptors (Lipinski definition) is 3. The molecule has 19 heavy (non-hydrogen) atoms. The highest BCUT2D eigenvalue weighted by molar-refractivity contribution is 6.07. The van der Waals surface area contributed by atoms with Gasteiger partial charge in [0, 0.05) is 11.1 Å². The zero-order chi connectivity index (χ0) is 14.0. The molecule has 4 heteroatoms. The standard InChI is InChI=1S/C15H14O4/c1-3-6-10-7-4-5-8-11(10)14-12(16)9(2)13(19-14)15(17)18/h3-5,7-8,14H,1,6H2,2H3,(H,17,18). The molecule has 0 aromatic heterocycles. The van der Waals surface area contributed by atoms with E-state index < -0.39 is 12.1 Å². The summed E-state index contributed by atoms with van der Waals surface area (Å²) in [6.45, 7) is 5.14. The van der Waals surface area contributed by atoms with E-state index in [9.17, 15) is 9.59 Å². The summed E-state index contributed by atoms with van der Waals surface area (Å²) in [6.07, 6.45) is 1.48. The largest absolute Gasteiger partial charge is 0.475 e. The number of Topliss-reactive ketones (excluding diaryl/α,β-unsaturated/α-hetero) is 1. The third-order valence-electron chi connectivity index (χ3n) is 3.08. The first-order valence-electron chi connectivity index (χ1n) is 5.90. The average molecular weight is 258 g/mol. The van der Waals surface area contributed by atoms with Gasteiger partial charge in [-0.25, -0.2) is 4.79 Å². The Balaban J connectivity index is 2.39. The molecule has 1 aromatic rings. The maximum atomic E-state index is 12.1. The van der Waals surface area contributed by atoms with Crippen LogP contribution in [0, 0.1) is 0 Å². The summed E-state index contributed by atoms with van der Waals surface area (Å²) in [5, 5.41) is 8.99. The summed E-state index contributed by atoms with van der Waals surface area (Å²) >= 11 is 0. The molecule has 1 atom stereocenters. The molecule has 0 bridgehead atoms. The van der Waals surface area contributed by atoms with Crippen molar-refractivity contribution in [3.05, 3.63) is 59.4 Å². The maximum Gasteiger partial charge on any atom is 0.371 e. The van der Waals surface area contributed by atoms with Crippen molar-refractivity contribution in [2.75, 3.05) is 0 Å². The molecule has 0 fully saturated rings. The number of ether oxygens (including phenoxy) is 1. The molecular weight excluding hydrogens is 244 g/mol. The quantitative estimate of drug-likeness (QED) is 0.842. The van der Waals surface area contributed by atoms with E-state index in [0.29, 0.717) is 12.0 Å². The number of rotatable bonds is 4. The first-order valence-corrected chi connectivity index (χ1v) is 5.90. The van der Waals surface area contributed by atoms with Gasteiger partial charge in [0.25, 0.3) is 0 Å². The lowest BCUT2D eigenvalue weighted by atomic mass is 9.96. The molecule has 0 saturated heterocycles. The second-order valence-corrected chi connectivity index (χ2v) is 4.31. The number of benzene rings is 1. The third kappa shape index (κ3) is 2.29. The topological polar surface area (TPSA) is 63.6 Å². The van der Waals surface area contributed by atoms with E-state index in [2.05, 4.69) is 6.58 Å². The molecule has 0 saturated carbocycles. The highest BCUT2D eigenvalue weighted by Gasteiger charge is 2.37. The second-order valence-electron chi connectivity index (χ2n) is 4.31. The lowest BCUT2D eigenvalue weighted by Gasteiger charge is -2.14. The van der Waals surface area contributed by atoms with Crippen molar-refractivity contribution in [3.8, 4) is 0 Å². The average Bonchev–Trinajstić information content (AvgIpc) is 2.68. The number of ketones is 1. The Morgan fingerprint density at radius 2 is 2.16 bits per heavy atom. The Bertz CT molecular complexity index is 584. The summed E-state index contributed by atoms with van der Waals surface area (Å²) in [6, 6.07) is 7.31. The smallest absolute Gasteiger partial charge is 0.371 e. The van der Waals surface area contributed by atoms with Gasteiger partial charge < -0.3 is 9.84 Å². The van der Waals surface area contributed by atoms with Crippen molar-refractivity contribution in [1.29, 1.82) is 0 Å². The predicted octanol–water partition coefficient (Wildman–Crippen LogP) is 2.41. The zero-order valence-corrected chi connectivity index (χ0v) is 10.6. The summed E-state index contributed by atoms with van der Waals surface area (Å²) in [5.74, 6) is -1.77. The molecule has 1 aliphatic heterocycles. The van der Waals surface area contributed by atoms with Gasteiger partial charge in [-0.3, -0.25) is 4.79 Å². The molecule has 2 rings (SSSR count). The third-order valence-corrected chi connectivity index (χ3v) is 3.08. The van der Waals surface area contributed by atoms with Crippen LogP contribution in [0.4, 0.5) is 0 Å². The van der Waals surface area contributed by atoms with E-state index >= 15 is 0 Å². The maximum absolute atomic E-state index is 12.1. The van der Waals surface area contributed by atoms with Gasteiger partial charge >= 0.3 is 5.97 Å². The molecule has 1 aromatic carbocycles. The van der Waals surface area contributed by atoms with Crippen LogP contribution in [-0.4, -0.2) is 16.9 Å². The molecule has 1 unspecified atom stereocenters. The molecule has 1 aliphatic rings. The van der Waals surface area contributed by atoms with E-state index in [1.54, 1.807) is 18.2 Å². The molecule has 98 valence electrons. The van der Waals surface area contributed by atoms with Crippen LogP contribution < -0.4 is 0 Å². The van der Waals surface area contributed by atoms with Crippen LogP contribution in [0.2, 0.25) is 0 Å². The summed E-state index contributed by atoms with van der Waals surface area (Å²) < 4.78 is 5.32. The monoisotopic (exact) mass is 258 g/mol. The summed E-state index contributed by atoms with van der Waals surface area (Å²) in [5.41, 5.74) is 1.77. The van der Waals surface area contributed by atoms with Gasteiger partial charge in [-0.15, -0.1) is 6.58 Å². The minimum absolute atomic E-state index is 0.158. The number of carbonyl (C=O) groups is 2. The Morgan fingerprint density at radius 3 is 2.74 bits per heavy atom. The van der Waals surface area contributed by atoms with Crippen LogP contribution in [0.5, 0.6) is 0 Å². The fourth-order valence-corrected chi connectivity index (χ4v) is 2.12. The predicted molar refractivity (Wildman–Crippen MR) is 69.5 cm³/mol. The Kier molecular flexibility index (Phi) is 3.51. The molecule has 1 heterocycles. The van der Waals surface area contributed by atoms with Crippen molar-refractivity contribution < 1.29 is 19.4 Å². The zero-order valence-electron chi connectivity index (χ0n) is 10.6. The van der Waals surface area contributed by atoms with Gasteiger partial charge in [-0.1, -0.05) is 30.3 Å². The summed E-state index contributed by atoms with van der Waals surface area (Å²) in [7, 11) is 0. The van der Waals surface area contributed by atoms with E-state index in [-0.39, 0.29) is 17.1 Å². The fourth-order valence-electron chi connectivity index (χ4n) is 2.12. The van der Waals surface area contributed by atoms with E-state index in [4.69, 9.17) is 9.84 Å². The van der Waals surface area contributed by atoms with Crippen LogP contribution in [0.15, 0.2) is 48.3 Å². The van der Waals surface area contributed by atoms with Gasteiger partial charge in [0.2, 0.25) is 11.5 Å². The Labute approximate surface area is 111 Å². The molecule has 0 radical (unpaired) electrons. The van der Waals surface area contributed by atoms with Crippen molar-refractivity contribution in [1.82, 2.24) is 0 Å². The number of hydrogen-bond donors (Lipinski definition) is 1. The number of aliphatic carboxylic acids is 1. The van der Waals surface area contributed by atoms with E-state index in [0.717, 1.165) is 5.56 Å². The molecule has 1 N–H and O–H groups in total. The molecular formula is C15H14O4. The van der Waals surface area contributed by atoms with Crippen molar-refractivity contribution >= 4 is 11.8 Å². The highest BCUT2D eigenvalue weighted by atomic mass is 16.5. The van der Waals surface area contributed by atoms with E-state index in [1.807, 2.05) is 12.1 Å². The SMILES string of the molecule is C=CCc1ccccc1C1OC(C(=O)O)=C(C)C1=O. The summed E-state index contributed by atoms with van der Waals surface area (Å²) in [4.78, 5) is 23.1. The van der Waals surface area contributed by atoms with Gasteiger partial charge in [0.05, 0.1) is 0 Å². The second kappa shape index (κ2) is 5.10. The van der Waals surface area contributed by atoms with Crippen molar-refractivity contribution in [2.45, 2.75) is 19.4 Å². The van der Waals surface area contributed by atoms with E-state index in [1.165, 1.54) is 6.92 Å². The normalized spacial score (nSPS) is 18.4. The number of carbonyl (C=O) groups excluding carboxylic acids is 1. The number of allylic oxidation sites excluding steroid dienone is 1. The number of carboxylic acids is 1. The Hall–Kier alpha value is -2.36. The van der Waals surface area contributed by atoms with Crippen molar-refractivity contribution in [2.24, 2.45) is 0 Å². The van der Waals surface area contributed by atoms with Gasteiger partial charge in [-0.05, 0) is 18.9 Å². The van der Waals surface area contributed by atoms with Crippen molar-refractivity contribution in [3.63, 3.8) is 0 Å². The van der Waals surface area contributed by atoms with Gasteiger partial charge in [0.15, 0.2) is 6.10 Å². The first kappa shape index (κ1) is 13.1.